The predicted octanol–water partition coefficient (Wildman–Crippen LogP) is 6.18. The van der Waals surface area contributed by atoms with Crippen LogP contribution in [0.2, 0.25) is 0 Å². The molecule has 0 aliphatic rings. The Hall–Kier alpha value is -1.72. The Morgan fingerprint density at radius 3 is 2.37 bits per heavy atom. The number of rotatable bonds is 7. The third-order valence-electron chi connectivity index (χ3n) is 4.25. The van der Waals surface area contributed by atoms with Crippen LogP contribution in [0, 0.1) is 0 Å². The van der Waals surface area contributed by atoms with E-state index in [1.165, 1.54) is 10.5 Å². The maximum absolute atomic E-state index is 6.12. The first-order chi connectivity index (χ1) is 12.9. The zero-order valence-electron chi connectivity index (χ0n) is 15.9. The van der Waals surface area contributed by atoms with Crippen LogP contribution in [0.3, 0.4) is 0 Å². The lowest BCUT2D eigenvalue weighted by atomic mass is 9.87. The molecular weight excluding hydrogens is 420 g/mol. The molecule has 0 bridgehead atoms. The Bertz CT molecular complexity index is 824. The minimum absolute atomic E-state index is 0.153. The van der Waals surface area contributed by atoms with Crippen molar-refractivity contribution in [3.63, 3.8) is 0 Å². The van der Waals surface area contributed by atoms with Crippen molar-refractivity contribution in [1.82, 2.24) is 9.55 Å². The summed E-state index contributed by atoms with van der Waals surface area (Å²) in [5.74, 6) is 0.912. The monoisotopic (exact) mass is 444 g/mol. The average Bonchev–Trinajstić information content (AvgIpc) is 3.14. The molecule has 27 heavy (non-hydrogen) atoms. The highest BCUT2D eigenvalue weighted by Gasteiger charge is 2.15. The van der Waals surface area contributed by atoms with Crippen molar-refractivity contribution < 1.29 is 4.74 Å². The van der Waals surface area contributed by atoms with Crippen molar-refractivity contribution in [1.29, 1.82) is 0 Å². The van der Waals surface area contributed by atoms with Crippen molar-refractivity contribution in [3.8, 4) is 5.75 Å². The largest absolute Gasteiger partial charge is 0.492 e. The highest BCUT2D eigenvalue weighted by Crippen LogP contribution is 2.28. The Labute approximate surface area is 174 Å². The van der Waals surface area contributed by atoms with Crippen LogP contribution in [0.5, 0.6) is 5.75 Å². The van der Waals surface area contributed by atoms with E-state index in [2.05, 4.69) is 94.8 Å². The number of imidazole rings is 1. The van der Waals surface area contributed by atoms with Crippen molar-refractivity contribution in [2.45, 2.75) is 42.9 Å². The molecule has 0 spiro atoms. The predicted molar refractivity (Wildman–Crippen MR) is 117 cm³/mol. The normalized spacial score (nSPS) is 12.7. The van der Waals surface area contributed by atoms with Crippen molar-refractivity contribution >= 4 is 27.7 Å². The number of ether oxygens (including phenoxy) is 1. The van der Waals surface area contributed by atoms with Crippen LogP contribution in [0.4, 0.5) is 0 Å². The van der Waals surface area contributed by atoms with Gasteiger partial charge < -0.3 is 9.30 Å². The molecule has 3 rings (SSSR count). The van der Waals surface area contributed by atoms with Gasteiger partial charge in [-0.3, -0.25) is 0 Å². The second-order valence-electron chi connectivity index (χ2n) is 7.54. The fourth-order valence-corrected chi connectivity index (χ4v) is 4.03. The van der Waals surface area contributed by atoms with Crippen LogP contribution >= 0.6 is 27.7 Å². The van der Waals surface area contributed by atoms with Crippen molar-refractivity contribution in [2.75, 3.05) is 6.61 Å². The van der Waals surface area contributed by atoms with Crippen LogP contribution in [-0.4, -0.2) is 21.4 Å². The molecule has 1 unspecified atom stereocenters. The van der Waals surface area contributed by atoms with Gasteiger partial charge in [0.1, 0.15) is 12.4 Å². The molecule has 0 aliphatic carbocycles. The Morgan fingerprint density at radius 2 is 1.78 bits per heavy atom. The van der Waals surface area contributed by atoms with Gasteiger partial charge in [0, 0.05) is 28.3 Å². The lowest BCUT2D eigenvalue weighted by molar-refractivity contribution is 0.307. The second-order valence-corrected chi connectivity index (χ2v) is 9.83. The van der Waals surface area contributed by atoms with Gasteiger partial charge >= 0.3 is 0 Å². The molecule has 1 aromatic heterocycles. The van der Waals surface area contributed by atoms with Crippen LogP contribution in [0.15, 0.2) is 76.6 Å². The fraction of sp³-hybridized carbons (Fsp3) is 0.318. The summed E-state index contributed by atoms with van der Waals surface area (Å²) in [7, 11) is 0. The molecule has 0 saturated heterocycles. The first-order valence-corrected chi connectivity index (χ1v) is 10.7. The first-order valence-electron chi connectivity index (χ1n) is 9.01. The van der Waals surface area contributed by atoms with Gasteiger partial charge in [-0.1, -0.05) is 48.8 Å². The van der Waals surface area contributed by atoms with Gasteiger partial charge in [-0.15, -0.1) is 11.8 Å². The lowest BCUT2D eigenvalue weighted by Crippen LogP contribution is -2.20. The smallest absolute Gasteiger partial charge is 0.119 e. The number of hydrogen-bond acceptors (Lipinski definition) is 3. The van der Waals surface area contributed by atoms with E-state index in [4.69, 9.17) is 4.74 Å². The minimum Gasteiger partial charge on any atom is -0.492 e. The van der Waals surface area contributed by atoms with Crippen LogP contribution in [-0.2, 0) is 12.0 Å². The molecule has 1 atom stereocenters. The molecule has 142 valence electrons. The molecule has 0 saturated carbocycles. The van der Waals surface area contributed by atoms with Gasteiger partial charge in [-0.05, 0) is 47.4 Å². The SMILES string of the molecule is CC(C)(C)c1ccc(OCC(Cn2ccnc2)Sc2ccc(Br)cc2)cc1. The number of benzene rings is 2. The maximum atomic E-state index is 6.12. The minimum atomic E-state index is 0.153. The Morgan fingerprint density at radius 1 is 1.07 bits per heavy atom. The summed E-state index contributed by atoms with van der Waals surface area (Å²) in [6, 6.07) is 16.9. The molecule has 0 fully saturated rings. The zero-order valence-corrected chi connectivity index (χ0v) is 18.3. The Balaban J connectivity index is 1.66. The summed E-state index contributed by atoms with van der Waals surface area (Å²) in [5.41, 5.74) is 1.47. The molecule has 3 nitrogen and oxygen atoms in total. The molecular formula is C22H25BrN2OS. The number of hydrogen-bond donors (Lipinski definition) is 0. The van der Waals surface area contributed by atoms with E-state index >= 15 is 0 Å². The number of halogens is 1. The van der Waals surface area contributed by atoms with Gasteiger partial charge in [0.05, 0.1) is 11.6 Å². The number of thioether (sulfide) groups is 1. The van der Waals surface area contributed by atoms with Gasteiger partial charge in [-0.2, -0.15) is 0 Å². The van der Waals surface area contributed by atoms with E-state index in [1.54, 1.807) is 0 Å². The molecule has 0 amide bonds. The van der Waals surface area contributed by atoms with Gasteiger partial charge in [0.25, 0.3) is 0 Å². The van der Waals surface area contributed by atoms with E-state index < -0.39 is 0 Å². The highest BCUT2D eigenvalue weighted by molar-refractivity contribution is 9.10. The van der Waals surface area contributed by atoms with E-state index in [-0.39, 0.29) is 10.7 Å². The summed E-state index contributed by atoms with van der Waals surface area (Å²) in [4.78, 5) is 5.38. The van der Waals surface area contributed by atoms with Crippen LogP contribution in [0.1, 0.15) is 26.3 Å². The first kappa shape index (κ1) is 20.0. The number of nitrogens with zero attached hydrogens (tertiary/aromatic N) is 2. The van der Waals surface area contributed by atoms with E-state index in [0.717, 1.165) is 16.8 Å². The topological polar surface area (TPSA) is 27.1 Å². The molecule has 3 aromatic rings. The lowest BCUT2D eigenvalue weighted by Gasteiger charge is -2.20. The summed E-state index contributed by atoms with van der Waals surface area (Å²) in [5, 5.41) is 0.280. The fourth-order valence-electron chi connectivity index (χ4n) is 2.70. The van der Waals surface area contributed by atoms with Gasteiger partial charge in [0.15, 0.2) is 0 Å². The highest BCUT2D eigenvalue weighted by atomic mass is 79.9. The van der Waals surface area contributed by atoms with E-state index in [0.29, 0.717) is 6.61 Å². The zero-order chi connectivity index (χ0) is 19.3. The molecule has 0 N–H and O–H groups in total. The molecule has 0 aliphatic heterocycles. The summed E-state index contributed by atoms with van der Waals surface area (Å²) in [6.07, 6.45) is 5.66. The maximum Gasteiger partial charge on any atom is 0.119 e. The summed E-state index contributed by atoms with van der Waals surface area (Å²) < 4.78 is 9.31. The molecule has 5 heteroatoms. The van der Waals surface area contributed by atoms with Crippen molar-refractivity contribution in [3.05, 3.63) is 77.3 Å². The average molecular weight is 445 g/mol. The molecule has 2 aromatic carbocycles. The van der Waals surface area contributed by atoms with E-state index in [9.17, 15) is 0 Å². The van der Waals surface area contributed by atoms with Gasteiger partial charge in [0.2, 0.25) is 0 Å². The Kier molecular flexibility index (Phi) is 6.66. The molecule has 1 heterocycles. The third kappa shape index (κ3) is 6.15. The van der Waals surface area contributed by atoms with Gasteiger partial charge in [-0.25, -0.2) is 4.98 Å². The summed E-state index contributed by atoms with van der Waals surface area (Å²) in [6.45, 7) is 8.14. The van der Waals surface area contributed by atoms with Crippen LogP contribution in [0.25, 0.3) is 0 Å². The molecule has 0 radical (unpaired) electrons. The summed E-state index contributed by atoms with van der Waals surface area (Å²) >= 11 is 5.32. The third-order valence-corrected chi connectivity index (χ3v) is 5.94. The quantitative estimate of drug-likeness (QED) is 0.406. The van der Waals surface area contributed by atoms with Crippen molar-refractivity contribution in [2.24, 2.45) is 0 Å². The van der Waals surface area contributed by atoms with E-state index in [1.807, 2.05) is 30.5 Å². The number of aromatic nitrogens is 2. The van der Waals surface area contributed by atoms with Crippen LogP contribution < -0.4 is 4.74 Å². The standard InChI is InChI=1S/C22H25BrN2OS/c1-22(2,3)17-4-8-19(9-5-17)26-15-21(14-25-13-12-24-16-25)27-20-10-6-18(23)7-11-20/h4-13,16,21H,14-15H2,1-3H3. The second kappa shape index (κ2) is 8.98.